The molecule has 0 spiro atoms. The molecular formula is C35H39N3S. The molecular weight excluding hydrogens is 494 g/mol. The van der Waals surface area contributed by atoms with Crippen LogP contribution < -0.4 is 9.80 Å². The number of hydrogen-bond donors (Lipinski definition) is 0. The van der Waals surface area contributed by atoms with Crippen LogP contribution in [0.4, 0.5) is 22.7 Å². The molecule has 4 aromatic carbocycles. The Labute approximate surface area is 237 Å². The van der Waals surface area contributed by atoms with Crippen LogP contribution in [0.1, 0.15) is 64.9 Å². The fourth-order valence-corrected chi connectivity index (χ4v) is 7.15. The largest absolute Gasteiger partial charge is 0.339 e. The third-order valence-corrected chi connectivity index (χ3v) is 9.35. The lowest BCUT2D eigenvalue weighted by atomic mass is 9.97. The minimum Gasteiger partial charge on any atom is -0.339 e. The van der Waals surface area contributed by atoms with E-state index < -0.39 is 0 Å². The molecule has 0 bridgehead atoms. The zero-order valence-electron chi connectivity index (χ0n) is 23.5. The molecule has 0 aliphatic carbocycles. The molecule has 4 heteroatoms. The summed E-state index contributed by atoms with van der Waals surface area (Å²) in [7, 11) is 0. The number of aliphatic imine (C=N–C) groups is 1. The lowest BCUT2D eigenvalue weighted by Crippen LogP contribution is -2.34. The van der Waals surface area contributed by atoms with Gasteiger partial charge in [-0.15, -0.1) is 0 Å². The Morgan fingerprint density at radius 3 is 2.33 bits per heavy atom. The number of amidine groups is 1. The van der Waals surface area contributed by atoms with Gasteiger partial charge in [-0.3, -0.25) is 0 Å². The van der Waals surface area contributed by atoms with E-state index in [1.165, 1.54) is 68.9 Å². The zero-order chi connectivity index (χ0) is 26.8. The maximum atomic E-state index is 5.30. The van der Waals surface area contributed by atoms with Gasteiger partial charge in [-0.05, 0) is 66.6 Å². The van der Waals surface area contributed by atoms with Gasteiger partial charge in [0.1, 0.15) is 5.84 Å². The van der Waals surface area contributed by atoms with Crippen LogP contribution >= 0.6 is 11.8 Å². The predicted octanol–water partition coefficient (Wildman–Crippen LogP) is 10.4. The second-order valence-corrected chi connectivity index (χ2v) is 12.0. The lowest BCUT2D eigenvalue weighted by Gasteiger charge is -2.36. The van der Waals surface area contributed by atoms with Gasteiger partial charge in [0.15, 0.2) is 0 Å². The molecule has 0 saturated heterocycles. The first kappa shape index (κ1) is 26.0. The first-order valence-corrected chi connectivity index (χ1v) is 15.6. The van der Waals surface area contributed by atoms with E-state index in [1.807, 2.05) is 11.8 Å². The summed E-state index contributed by atoms with van der Waals surface area (Å²) in [5.74, 6) is 1.76. The Hall–Kier alpha value is -3.24. The molecule has 0 N–H and O–H groups in total. The average molecular weight is 534 g/mol. The molecule has 2 aliphatic rings. The van der Waals surface area contributed by atoms with Crippen LogP contribution in [0.25, 0.3) is 10.8 Å². The fraction of sp³-hybridized carbons (Fsp3) is 0.343. The van der Waals surface area contributed by atoms with Gasteiger partial charge < -0.3 is 9.80 Å². The average Bonchev–Trinajstić information content (AvgIpc) is 2.98. The van der Waals surface area contributed by atoms with Crippen molar-refractivity contribution in [3.63, 3.8) is 0 Å². The van der Waals surface area contributed by atoms with Crippen molar-refractivity contribution in [2.45, 2.75) is 69.1 Å². The van der Waals surface area contributed by atoms with Crippen LogP contribution in [0.3, 0.4) is 0 Å². The number of unbranched alkanes of at least 4 members (excludes halogenated alkanes) is 2. The first-order valence-electron chi connectivity index (χ1n) is 14.8. The van der Waals surface area contributed by atoms with E-state index in [2.05, 4.69) is 109 Å². The molecule has 0 aromatic heterocycles. The van der Waals surface area contributed by atoms with E-state index in [4.69, 9.17) is 4.99 Å². The zero-order valence-corrected chi connectivity index (χ0v) is 24.3. The molecule has 1 unspecified atom stereocenters. The van der Waals surface area contributed by atoms with E-state index >= 15 is 0 Å². The molecule has 0 radical (unpaired) electrons. The number of hydrogen-bond acceptors (Lipinski definition) is 4. The van der Waals surface area contributed by atoms with Crippen molar-refractivity contribution >= 4 is 51.1 Å². The first-order chi connectivity index (χ1) is 19.2. The molecule has 39 heavy (non-hydrogen) atoms. The van der Waals surface area contributed by atoms with Crippen LogP contribution in [-0.2, 0) is 0 Å². The van der Waals surface area contributed by atoms with Crippen molar-refractivity contribution in [1.82, 2.24) is 0 Å². The van der Waals surface area contributed by atoms with Crippen molar-refractivity contribution in [3.05, 3.63) is 84.4 Å². The third kappa shape index (κ3) is 4.96. The van der Waals surface area contributed by atoms with Gasteiger partial charge in [0, 0.05) is 33.8 Å². The van der Waals surface area contributed by atoms with E-state index in [0.717, 1.165) is 37.5 Å². The van der Waals surface area contributed by atoms with Gasteiger partial charge in [0.25, 0.3) is 0 Å². The summed E-state index contributed by atoms with van der Waals surface area (Å²) < 4.78 is 0. The van der Waals surface area contributed by atoms with Gasteiger partial charge in [-0.2, -0.15) is 0 Å². The second-order valence-electron chi connectivity index (χ2n) is 10.9. The second kappa shape index (κ2) is 11.5. The van der Waals surface area contributed by atoms with Crippen LogP contribution in [0.5, 0.6) is 0 Å². The molecule has 1 atom stereocenters. The highest BCUT2D eigenvalue weighted by Crippen LogP contribution is 2.49. The standard InChI is InChI=1S/C35H39N3S/c1-4-7-13-25(6-3)24-38-29-17-9-10-19-32(29)39-33-23-27(20-21-30(33)38)35-36-28-16-11-14-26-15-12-18-31(34(26)28)37(35)22-8-5-2/h9-12,14-21,23,25H,4-8,13,22,24H2,1-3H3. The lowest BCUT2D eigenvalue weighted by molar-refractivity contribution is 0.457. The van der Waals surface area contributed by atoms with Gasteiger partial charge in [0.2, 0.25) is 0 Å². The Morgan fingerprint density at radius 2 is 1.51 bits per heavy atom. The summed E-state index contributed by atoms with van der Waals surface area (Å²) in [6.07, 6.45) is 7.36. The molecule has 4 aromatic rings. The number of nitrogens with zero attached hydrogens (tertiary/aromatic N) is 3. The van der Waals surface area contributed by atoms with Crippen molar-refractivity contribution in [3.8, 4) is 0 Å². The van der Waals surface area contributed by atoms with Crippen LogP contribution in [-0.4, -0.2) is 18.9 Å². The predicted molar refractivity (Wildman–Crippen MR) is 170 cm³/mol. The quantitative estimate of drug-likeness (QED) is 0.202. The summed E-state index contributed by atoms with van der Waals surface area (Å²) in [6, 6.07) is 29.1. The van der Waals surface area contributed by atoms with Crippen LogP contribution in [0.15, 0.2) is 93.6 Å². The Bertz CT molecular complexity index is 1500. The van der Waals surface area contributed by atoms with Crippen LogP contribution in [0.2, 0.25) is 0 Å². The van der Waals surface area contributed by atoms with Gasteiger partial charge >= 0.3 is 0 Å². The molecule has 0 saturated carbocycles. The summed E-state index contributed by atoms with van der Waals surface area (Å²) in [4.78, 5) is 13.0. The van der Waals surface area contributed by atoms with Crippen molar-refractivity contribution < 1.29 is 0 Å². The molecule has 2 heterocycles. The monoisotopic (exact) mass is 533 g/mol. The van der Waals surface area contributed by atoms with Gasteiger partial charge in [-0.25, -0.2) is 4.99 Å². The molecule has 200 valence electrons. The summed E-state index contributed by atoms with van der Waals surface area (Å²) >= 11 is 1.90. The summed E-state index contributed by atoms with van der Waals surface area (Å²) in [6.45, 7) is 8.95. The number of rotatable bonds is 10. The molecule has 0 fully saturated rings. The summed E-state index contributed by atoms with van der Waals surface area (Å²) in [5.41, 5.74) is 6.22. The minimum absolute atomic E-state index is 0.692. The van der Waals surface area contributed by atoms with E-state index in [9.17, 15) is 0 Å². The van der Waals surface area contributed by atoms with E-state index in [1.54, 1.807) is 0 Å². The molecule has 6 rings (SSSR count). The Kier molecular flexibility index (Phi) is 7.65. The Balaban J connectivity index is 1.42. The van der Waals surface area contributed by atoms with Crippen molar-refractivity contribution in [2.24, 2.45) is 10.9 Å². The van der Waals surface area contributed by atoms with E-state index in [0.29, 0.717) is 5.92 Å². The minimum atomic E-state index is 0.692. The summed E-state index contributed by atoms with van der Waals surface area (Å²) in [5, 5.41) is 2.53. The number of benzene rings is 4. The number of para-hydroxylation sites is 1. The van der Waals surface area contributed by atoms with Crippen LogP contribution in [0, 0.1) is 5.92 Å². The Morgan fingerprint density at radius 1 is 0.744 bits per heavy atom. The SMILES string of the molecule is CCCCC(CC)CN1c2ccccc2Sc2cc(C3=Nc4cccc5cccc(c45)N3CCCC)ccc21. The molecule has 2 aliphatic heterocycles. The smallest absolute Gasteiger partial charge is 0.141 e. The van der Waals surface area contributed by atoms with Crippen molar-refractivity contribution in [1.29, 1.82) is 0 Å². The highest BCUT2D eigenvalue weighted by molar-refractivity contribution is 7.99. The van der Waals surface area contributed by atoms with Gasteiger partial charge in [0.05, 0.1) is 22.7 Å². The number of fused-ring (bicyclic) bond motifs is 2. The topological polar surface area (TPSA) is 18.8 Å². The maximum absolute atomic E-state index is 5.30. The van der Waals surface area contributed by atoms with Gasteiger partial charge in [-0.1, -0.05) is 94.6 Å². The normalized spacial score (nSPS) is 14.7. The van der Waals surface area contributed by atoms with Crippen molar-refractivity contribution in [2.75, 3.05) is 22.9 Å². The highest BCUT2D eigenvalue weighted by atomic mass is 32.2. The maximum Gasteiger partial charge on any atom is 0.141 e. The number of anilines is 3. The molecule has 0 amide bonds. The fourth-order valence-electron chi connectivity index (χ4n) is 6.02. The van der Waals surface area contributed by atoms with E-state index in [-0.39, 0.29) is 0 Å². The highest BCUT2D eigenvalue weighted by Gasteiger charge is 2.28. The third-order valence-electron chi connectivity index (χ3n) is 8.24. The molecule has 3 nitrogen and oxygen atoms in total.